The molecule has 1 atom stereocenters. The normalized spacial score (nSPS) is 17.8. The average Bonchev–Trinajstić information content (AvgIpc) is 2.59. The zero-order chi connectivity index (χ0) is 17.9. The van der Waals surface area contributed by atoms with Crippen LogP contribution in [0.2, 0.25) is 0 Å². The van der Waals surface area contributed by atoms with Gasteiger partial charge in [0, 0.05) is 12.6 Å². The van der Waals surface area contributed by atoms with Gasteiger partial charge in [0.25, 0.3) is 0 Å². The van der Waals surface area contributed by atoms with E-state index in [-0.39, 0.29) is 5.60 Å². The van der Waals surface area contributed by atoms with Crippen LogP contribution in [0, 0.1) is 0 Å². The monoisotopic (exact) mass is 339 g/mol. The predicted octanol–water partition coefficient (Wildman–Crippen LogP) is 4.69. The van der Waals surface area contributed by atoms with E-state index in [0.717, 1.165) is 31.0 Å². The lowest BCUT2D eigenvalue weighted by atomic mass is 9.94. The summed E-state index contributed by atoms with van der Waals surface area (Å²) >= 11 is 0. The smallest absolute Gasteiger partial charge is 0.120 e. The van der Waals surface area contributed by atoms with E-state index >= 15 is 0 Å². The first kappa shape index (κ1) is 17.8. The van der Waals surface area contributed by atoms with Crippen molar-refractivity contribution in [2.75, 3.05) is 13.2 Å². The number of hydrogen-bond donors (Lipinski definition) is 0. The predicted molar refractivity (Wildman–Crippen MR) is 102 cm³/mol. The molecule has 0 spiro atoms. The molecule has 0 saturated carbocycles. The van der Waals surface area contributed by atoms with Gasteiger partial charge in [-0.1, -0.05) is 31.2 Å². The molecule has 1 aliphatic rings. The fourth-order valence-electron chi connectivity index (χ4n) is 3.33. The molecule has 0 aliphatic carbocycles. The third kappa shape index (κ3) is 4.76. The van der Waals surface area contributed by atoms with Gasteiger partial charge in [0.15, 0.2) is 0 Å². The molecule has 0 aromatic heterocycles. The second kappa shape index (κ2) is 7.49. The number of benzene rings is 2. The molecule has 0 unspecified atom stereocenters. The van der Waals surface area contributed by atoms with Crippen LogP contribution in [0.4, 0.5) is 0 Å². The quantitative estimate of drug-likeness (QED) is 0.789. The first-order valence-electron chi connectivity index (χ1n) is 9.17. The Balaban J connectivity index is 1.61. The maximum atomic E-state index is 6.08. The average molecular weight is 339 g/mol. The number of hydrogen-bond acceptors (Lipinski definition) is 3. The van der Waals surface area contributed by atoms with Crippen LogP contribution in [0.3, 0.4) is 0 Å². The van der Waals surface area contributed by atoms with Crippen LogP contribution < -0.4 is 9.47 Å². The highest BCUT2D eigenvalue weighted by molar-refractivity contribution is 5.32. The Morgan fingerprint density at radius 1 is 0.960 bits per heavy atom. The largest absolute Gasteiger partial charge is 0.492 e. The Bertz CT molecular complexity index is 688. The summed E-state index contributed by atoms with van der Waals surface area (Å²) in [7, 11) is 0. The number of nitrogens with zero attached hydrogens (tertiary/aromatic N) is 1. The van der Waals surface area contributed by atoms with Gasteiger partial charge in [-0.05, 0) is 69.1 Å². The summed E-state index contributed by atoms with van der Waals surface area (Å²) in [5.41, 5.74) is 2.72. The minimum absolute atomic E-state index is 0.181. The molecule has 1 aliphatic heterocycles. The topological polar surface area (TPSA) is 21.7 Å². The van der Waals surface area contributed by atoms with Gasteiger partial charge < -0.3 is 9.47 Å². The van der Waals surface area contributed by atoms with Crippen LogP contribution in [0.25, 0.3) is 0 Å². The van der Waals surface area contributed by atoms with Crippen LogP contribution in [-0.4, -0.2) is 29.7 Å². The minimum Gasteiger partial charge on any atom is -0.492 e. The molecule has 0 amide bonds. The van der Waals surface area contributed by atoms with Crippen molar-refractivity contribution in [3.05, 3.63) is 59.7 Å². The van der Waals surface area contributed by atoms with Gasteiger partial charge >= 0.3 is 0 Å². The maximum Gasteiger partial charge on any atom is 0.120 e. The van der Waals surface area contributed by atoms with E-state index < -0.39 is 0 Å². The summed E-state index contributed by atoms with van der Waals surface area (Å²) in [5.74, 6) is 1.78. The lowest BCUT2D eigenvalue weighted by Crippen LogP contribution is -2.43. The molecule has 3 rings (SSSR count). The lowest BCUT2D eigenvalue weighted by Gasteiger charge is -2.36. The second-order valence-corrected chi connectivity index (χ2v) is 7.69. The Kier molecular flexibility index (Phi) is 5.33. The van der Waals surface area contributed by atoms with E-state index in [0.29, 0.717) is 12.6 Å². The molecule has 3 heteroatoms. The van der Waals surface area contributed by atoms with Crippen LogP contribution in [0.1, 0.15) is 38.8 Å². The summed E-state index contributed by atoms with van der Waals surface area (Å²) in [5, 5.41) is 0. The van der Waals surface area contributed by atoms with E-state index in [9.17, 15) is 0 Å². The van der Waals surface area contributed by atoms with Gasteiger partial charge in [-0.15, -0.1) is 0 Å². The first-order chi connectivity index (χ1) is 11.9. The van der Waals surface area contributed by atoms with Crippen molar-refractivity contribution in [1.29, 1.82) is 0 Å². The minimum atomic E-state index is -0.181. The number of fused-ring (bicyclic) bond motifs is 1. The number of likely N-dealkylation sites (N-methyl/N-ethyl adjacent to an activating group) is 1. The molecule has 2 aromatic rings. The molecule has 0 bridgehead atoms. The van der Waals surface area contributed by atoms with Crippen LogP contribution >= 0.6 is 0 Å². The molecule has 134 valence electrons. The summed E-state index contributed by atoms with van der Waals surface area (Å²) in [6.45, 7) is 11.1. The SMILES string of the molecule is CCN1Cc2ccccc2C[C@H]1COc1ccc(OC(C)(C)C)cc1. The molecular weight excluding hydrogens is 310 g/mol. The van der Waals surface area contributed by atoms with Crippen molar-refractivity contribution in [3.8, 4) is 11.5 Å². The number of rotatable bonds is 5. The van der Waals surface area contributed by atoms with E-state index in [4.69, 9.17) is 9.47 Å². The molecule has 0 saturated heterocycles. The van der Waals surface area contributed by atoms with E-state index in [2.05, 4.69) is 56.9 Å². The molecule has 0 fully saturated rings. The molecule has 2 aromatic carbocycles. The highest BCUT2D eigenvalue weighted by Gasteiger charge is 2.25. The van der Waals surface area contributed by atoms with Gasteiger partial charge in [-0.3, -0.25) is 4.90 Å². The van der Waals surface area contributed by atoms with Crippen LogP contribution in [0.15, 0.2) is 48.5 Å². The summed E-state index contributed by atoms with van der Waals surface area (Å²) in [6.07, 6.45) is 1.05. The summed E-state index contributed by atoms with van der Waals surface area (Å²) in [4.78, 5) is 2.50. The highest BCUT2D eigenvalue weighted by Crippen LogP contribution is 2.25. The third-order valence-corrected chi connectivity index (χ3v) is 4.56. The van der Waals surface area contributed by atoms with Crippen molar-refractivity contribution in [1.82, 2.24) is 4.90 Å². The zero-order valence-electron chi connectivity index (χ0n) is 15.8. The maximum absolute atomic E-state index is 6.08. The Morgan fingerprint density at radius 3 is 2.24 bits per heavy atom. The Morgan fingerprint density at radius 2 is 1.60 bits per heavy atom. The molecule has 0 N–H and O–H groups in total. The lowest BCUT2D eigenvalue weighted by molar-refractivity contribution is 0.121. The second-order valence-electron chi connectivity index (χ2n) is 7.69. The molecule has 3 nitrogen and oxygen atoms in total. The fourth-order valence-corrected chi connectivity index (χ4v) is 3.33. The molecule has 1 heterocycles. The first-order valence-corrected chi connectivity index (χ1v) is 9.17. The summed E-state index contributed by atoms with van der Waals surface area (Å²) < 4.78 is 11.9. The Hall–Kier alpha value is -2.00. The molecule has 25 heavy (non-hydrogen) atoms. The third-order valence-electron chi connectivity index (χ3n) is 4.56. The van der Waals surface area contributed by atoms with E-state index in [1.165, 1.54) is 11.1 Å². The van der Waals surface area contributed by atoms with Crippen LogP contribution in [0.5, 0.6) is 11.5 Å². The summed E-state index contributed by atoms with van der Waals surface area (Å²) in [6, 6.07) is 17.1. The van der Waals surface area contributed by atoms with Crippen LogP contribution in [-0.2, 0) is 13.0 Å². The van der Waals surface area contributed by atoms with Gasteiger partial charge in [0.05, 0.1) is 0 Å². The fraction of sp³-hybridized carbons (Fsp3) is 0.455. The highest BCUT2D eigenvalue weighted by atomic mass is 16.5. The van der Waals surface area contributed by atoms with Crippen molar-refractivity contribution >= 4 is 0 Å². The van der Waals surface area contributed by atoms with E-state index in [1.54, 1.807) is 0 Å². The molecule has 0 radical (unpaired) electrons. The zero-order valence-corrected chi connectivity index (χ0v) is 15.8. The van der Waals surface area contributed by atoms with Gasteiger partial charge in [0.1, 0.15) is 23.7 Å². The van der Waals surface area contributed by atoms with Crippen molar-refractivity contribution in [3.63, 3.8) is 0 Å². The van der Waals surface area contributed by atoms with Crippen molar-refractivity contribution in [2.45, 2.75) is 52.3 Å². The van der Waals surface area contributed by atoms with Gasteiger partial charge in [-0.2, -0.15) is 0 Å². The molecular formula is C22H29NO2. The van der Waals surface area contributed by atoms with Gasteiger partial charge in [0.2, 0.25) is 0 Å². The van der Waals surface area contributed by atoms with Crippen molar-refractivity contribution in [2.24, 2.45) is 0 Å². The number of ether oxygens (including phenoxy) is 2. The Labute approximate surface area is 151 Å². The van der Waals surface area contributed by atoms with Gasteiger partial charge in [-0.25, -0.2) is 0 Å². The standard InChI is InChI=1S/C22H29NO2/c1-5-23-15-18-9-7-6-8-17(18)14-19(23)16-24-20-10-12-21(13-11-20)25-22(2,3)4/h6-13,19H,5,14-16H2,1-4H3/t19-/m0/s1. The van der Waals surface area contributed by atoms with E-state index in [1.807, 2.05) is 24.3 Å². The van der Waals surface area contributed by atoms with Crippen molar-refractivity contribution < 1.29 is 9.47 Å².